The first-order chi connectivity index (χ1) is 8.99. The lowest BCUT2D eigenvalue weighted by atomic mass is 10.1. The van der Waals surface area contributed by atoms with Gasteiger partial charge in [0.15, 0.2) is 0 Å². The van der Waals surface area contributed by atoms with Crippen LogP contribution in [0.5, 0.6) is 0 Å². The smallest absolute Gasteiger partial charge is 0.243 e. The maximum atomic E-state index is 12.2. The molecule has 1 aromatic heterocycles. The number of unbranched alkanes of at least 4 members (excludes halogenated alkanes) is 1. The molecule has 1 unspecified atom stereocenters. The highest BCUT2D eigenvalue weighted by atomic mass is 32.2. The van der Waals surface area contributed by atoms with Crippen LogP contribution in [-0.4, -0.2) is 24.4 Å². The summed E-state index contributed by atoms with van der Waals surface area (Å²) < 4.78 is 27.0. The number of nitrogens with two attached hydrogens (primary N) is 1. The predicted molar refractivity (Wildman–Crippen MR) is 75.0 cm³/mol. The molecular weight excluding hydrogens is 264 g/mol. The highest BCUT2D eigenvalue weighted by molar-refractivity contribution is 7.89. The van der Waals surface area contributed by atoms with E-state index >= 15 is 0 Å². The Morgan fingerprint density at radius 3 is 2.37 bits per heavy atom. The average molecular weight is 286 g/mol. The molecule has 108 valence electrons. The maximum Gasteiger partial charge on any atom is 0.243 e. The summed E-state index contributed by atoms with van der Waals surface area (Å²) >= 11 is 0. The highest BCUT2D eigenvalue weighted by Gasteiger charge is 2.20. The molecule has 1 rings (SSSR count). The van der Waals surface area contributed by atoms with Gasteiger partial charge in [0.25, 0.3) is 0 Å². The number of hydrogen-bond donors (Lipinski definition) is 2. The number of aromatic nitrogens is 2. The van der Waals surface area contributed by atoms with Crippen LogP contribution in [-0.2, 0) is 10.0 Å². The van der Waals surface area contributed by atoms with Crippen LogP contribution in [0.15, 0.2) is 17.3 Å². The Morgan fingerprint density at radius 2 is 1.84 bits per heavy atom. The van der Waals surface area contributed by atoms with Crippen molar-refractivity contribution in [3.63, 3.8) is 0 Å². The summed E-state index contributed by atoms with van der Waals surface area (Å²) in [6, 6.07) is -0.0347. The van der Waals surface area contributed by atoms with Crippen molar-refractivity contribution >= 4 is 16.0 Å². The third-order valence-corrected chi connectivity index (χ3v) is 4.30. The molecule has 1 atom stereocenters. The zero-order chi connectivity index (χ0) is 14.3. The Hall–Kier alpha value is -1.21. The SMILES string of the molecule is CCCCC(CCC)NS(=O)(=O)c1cnc(N)nc1. The molecule has 3 N–H and O–H groups in total. The second kappa shape index (κ2) is 7.40. The van der Waals surface area contributed by atoms with E-state index in [4.69, 9.17) is 5.73 Å². The van der Waals surface area contributed by atoms with Crippen LogP contribution in [0.1, 0.15) is 46.0 Å². The van der Waals surface area contributed by atoms with Crippen molar-refractivity contribution in [1.82, 2.24) is 14.7 Å². The average Bonchev–Trinajstić information content (AvgIpc) is 2.36. The molecule has 7 heteroatoms. The summed E-state index contributed by atoms with van der Waals surface area (Å²) in [7, 11) is -3.56. The molecule has 0 fully saturated rings. The normalized spacial score (nSPS) is 13.4. The van der Waals surface area contributed by atoms with Gasteiger partial charge in [0, 0.05) is 6.04 Å². The lowest BCUT2D eigenvalue weighted by molar-refractivity contribution is 0.483. The minimum absolute atomic E-state index is 0.0347. The van der Waals surface area contributed by atoms with Crippen molar-refractivity contribution in [2.45, 2.75) is 56.9 Å². The van der Waals surface area contributed by atoms with Gasteiger partial charge < -0.3 is 5.73 Å². The van der Waals surface area contributed by atoms with E-state index < -0.39 is 10.0 Å². The van der Waals surface area contributed by atoms with Gasteiger partial charge in [0.1, 0.15) is 4.90 Å². The third kappa shape index (κ3) is 5.12. The lowest BCUT2D eigenvalue weighted by Crippen LogP contribution is -2.34. The molecule has 0 spiro atoms. The standard InChI is InChI=1S/C12H22N4O2S/c1-3-5-7-10(6-4-2)16-19(17,18)11-8-14-12(13)15-9-11/h8-10,16H,3-7H2,1-2H3,(H2,13,14,15). The number of hydrogen-bond acceptors (Lipinski definition) is 5. The molecular formula is C12H22N4O2S. The number of nitrogen functional groups attached to an aromatic ring is 1. The van der Waals surface area contributed by atoms with Crippen LogP contribution in [0.25, 0.3) is 0 Å². The largest absolute Gasteiger partial charge is 0.368 e. The second-order valence-corrected chi connectivity index (χ2v) is 6.24. The van der Waals surface area contributed by atoms with E-state index in [9.17, 15) is 8.42 Å². The molecule has 0 aliphatic carbocycles. The first-order valence-corrected chi connectivity index (χ1v) is 8.07. The van der Waals surface area contributed by atoms with E-state index in [0.717, 1.165) is 32.1 Å². The molecule has 0 radical (unpaired) electrons. The van der Waals surface area contributed by atoms with Crippen LogP contribution in [0.3, 0.4) is 0 Å². The zero-order valence-electron chi connectivity index (χ0n) is 11.5. The Labute approximate surface area is 114 Å². The van der Waals surface area contributed by atoms with Crippen LogP contribution in [0, 0.1) is 0 Å². The second-order valence-electron chi connectivity index (χ2n) is 4.53. The van der Waals surface area contributed by atoms with Gasteiger partial charge in [0.05, 0.1) is 12.4 Å². The molecule has 0 bridgehead atoms. The Kier molecular flexibility index (Phi) is 6.17. The quantitative estimate of drug-likeness (QED) is 0.758. The van der Waals surface area contributed by atoms with E-state index in [1.165, 1.54) is 12.4 Å². The first-order valence-electron chi connectivity index (χ1n) is 6.59. The first kappa shape index (κ1) is 15.8. The Morgan fingerprint density at radius 1 is 1.21 bits per heavy atom. The summed E-state index contributed by atoms with van der Waals surface area (Å²) in [6.07, 6.45) is 7.13. The molecule has 1 aromatic rings. The van der Waals surface area contributed by atoms with E-state index in [-0.39, 0.29) is 16.9 Å². The van der Waals surface area contributed by atoms with Crippen molar-refractivity contribution in [3.8, 4) is 0 Å². The Balaban J connectivity index is 2.78. The minimum Gasteiger partial charge on any atom is -0.368 e. The fraction of sp³-hybridized carbons (Fsp3) is 0.667. The molecule has 0 saturated heterocycles. The van der Waals surface area contributed by atoms with Crippen LogP contribution in [0.2, 0.25) is 0 Å². The Bertz CT molecular complexity index is 473. The zero-order valence-corrected chi connectivity index (χ0v) is 12.3. The van der Waals surface area contributed by atoms with Crippen molar-refractivity contribution in [2.24, 2.45) is 0 Å². The number of anilines is 1. The summed E-state index contributed by atoms with van der Waals surface area (Å²) in [4.78, 5) is 7.47. The van der Waals surface area contributed by atoms with Gasteiger partial charge in [-0.3, -0.25) is 0 Å². The van der Waals surface area contributed by atoms with Crippen molar-refractivity contribution < 1.29 is 8.42 Å². The predicted octanol–water partition coefficient (Wildman–Crippen LogP) is 1.70. The van der Waals surface area contributed by atoms with Crippen LogP contribution >= 0.6 is 0 Å². The minimum atomic E-state index is -3.56. The number of rotatable bonds is 8. The summed E-state index contributed by atoms with van der Waals surface area (Å²) in [6.45, 7) is 4.13. The van der Waals surface area contributed by atoms with Gasteiger partial charge in [-0.05, 0) is 12.8 Å². The van der Waals surface area contributed by atoms with E-state index in [1.807, 2.05) is 6.92 Å². The molecule has 1 heterocycles. The van der Waals surface area contributed by atoms with Gasteiger partial charge in [-0.15, -0.1) is 0 Å². The fourth-order valence-electron chi connectivity index (χ4n) is 1.81. The summed E-state index contributed by atoms with van der Waals surface area (Å²) in [5.74, 6) is 0.0649. The number of nitrogens with zero attached hydrogens (tertiary/aromatic N) is 2. The van der Waals surface area contributed by atoms with Gasteiger partial charge in [-0.25, -0.2) is 23.1 Å². The van der Waals surface area contributed by atoms with Gasteiger partial charge >= 0.3 is 0 Å². The van der Waals surface area contributed by atoms with Crippen molar-refractivity contribution in [2.75, 3.05) is 5.73 Å². The molecule has 19 heavy (non-hydrogen) atoms. The molecule has 0 amide bonds. The maximum absolute atomic E-state index is 12.2. The van der Waals surface area contributed by atoms with E-state index in [1.54, 1.807) is 0 Å². The third-order valence-electron chi connectivity index (χ3n) is 2.82. The van der Waals surface area contributed by atoms with Crippen molar-refractivity contribution in [3.05, 3.63) is 12.4 Å². The van der Waals surface area contributed by atoms with Crippen LogP contribution in [0.4, 0.5) is 5.95 Å². The summed E-state index contributed by atoms with van der Waals surface area (Å²) in [5, 5.41) is 0. The van der Waals surface area contributed by atoms with Crippen LogP contribution < -0.4 is 10.5 Å². The molecule has 6 nitrogen and oxygen atoms in total. The monoisotopic (exact) mass is 286 g/mol. The highest BCUT2D eigenvalue weighted by Crippen LogP contribution is 2.12. The topological polar surface area (TPSA) is 98.0 Å². The van der Waals surface area contributed by atoms with Gasteiger partial charge in [0.2, 0.25) is 16.0 Å². The lowest BCUT2D eigenvalue weighted by Gasteiger charge is -2.17. The number of sulfonamides is 1. The molecule has 0 aromatic carbocycles. The van der Waals surface area contributed by atoms with E-state index in [0.29, 0.717) is 0 Å². The molecule has 0 aliphatic heterocycles. The molecule has 0 saturated carbocycles. The van der Waals surface area contributed by atoms with Crippen molar-refractivity contribution in [1.29, 1.82) is 0 Å². The van der Waals surface area contributed by atoms with E-state index in [2.05, 4.69) is 21.6 Å². The fourth-order valence-corrected chi connectivity index (χ4v) is 3.01. The van der Waals surface area contributed by atoms with Gasteiger partial charge in [-0.2, -0.15) is 0 Å². The number of nitrogens with one attached hydrogen (secondary N) is 1. The molecule has 0 aliphatic rings. The van der Waals surface area contributed by atoms with Gasteiger partial charge in [-0.1, -0.05) is 33.1 Å². The summed E-state index contributed by atoms with van der Waals surface area (Å²) in [5.41, 5.74) is 5.35.